The van der Waals surface area contributed by atoms with Crippen molar-refractivity contribution < 1.29 is 9.59 Å². The number of carbonyl (C=O) groups is 2. The highest BCUT2D eigenvalue weighted by Crippen LogP contribution is 2.33. The molecule has 1 aromatic carbocycles. The fourth-order valence-corrected chi connectivity index (χ4v) is 2.95. The molecule has 0 radical (unpaired) electrons. The van der Waals surface area contributed by atoms with E-state index in [1.54, 1.807) is 6.07 Å². The van der Waals surface area contributed by atoms with Crippen LogP contribution in [0.5, 0.6) is 0 Å². The Labute approximate surface area is 130 Å². The number of ketones is 1. The number of hydrogen-bond donors (Lipinski definition) is 1. The van der Waals surface area contributed by atoms with Crippen LogP contribution in [0.1, 0.15) is 42.6 Å². The van der Waals surface area contributed by atoms with Crippen LogP contribution in [-0.2, 0) is 11.2 Å². The smallest absolute Gasteiger partial charge is 0.296 e. The van der Waals surface area contributed by atoms with E-state index in [1.807, 2.05) is 6.07 Å². The molecule has 4 nitrogen and oxygen atoms in total. The molecule has 2 rings (SSSR count). The van der Waals surface area contributed by atoms with Crippen molar-refractivity contribution in [3.05, 3.63) is 28.3 Å². The highest BCUT2D eigenvalue weighted by molar-refractivity contribution is 6.53. The average molecular weight is 309 g/mol. The molecule has 114 valence electrons. The number of anilines is 1. The molecule has 0 fully saturated rings. The minimum atomic E-state index is -0.585. The summed E-state index contributed by atoms with van der Waals surface area (Å²) >= 11 is 6.06. The van der Waals surface area contributed by atoms with Crippen molar-refractivity contribution in [2.45, 2.75) is 33.1 Å². The lowest BCUT2D eigenvalue weighted by molar-refractivity contribution is -0.112. The summed E-state index contributed by atoms with van der Waals surface area (Å²) in [6, 6.07) is 3.61. The van der Waals surface area contributed by atoms with Crippen LogP contribution >= 0.6 is 11.6 Å². The molecular formula is C16H21ClN2O2. The Morgan fingerprint density at radius 1 is 1.10 bits per heavy atom. The van der Waals surface area contributed by atoms with E-state index in [2.05, 4.69) is 24.1 Å². The van der Waals surface area contributed by atoms with Crippen molar-refractivity contribution in [2.75, 3.05) is 25.0 Å². The van der Waals surface area contributed by atoms with Gasteiger partial charge in [0.05, 0.1) is 16.3 Å². The van der Waals surface area contributed by atoms with Crippen LogP contribution in [-0.4, -0.2) is 36.2 Å². The SMILES string of the molecule is CCCN(CCC)CCc1ccc(Cl)c2c1C(=O)C(=O)N2. The molecule has 0 unspecified atom stereocenters. The lowest BCUT2D eigenvalue weighted by Gasteiger charge is -2.21. The first-order chi connectivity index (χ1) is 10.1. The van der Waals surface area contributed by atoms with E-state index in [4.69, 9.17) is 11.6 Å². The third kappa shape index (κ3) is 3.44. The van der Waals surface area contributed by atoms with Gasteiger partial charge in [-0.15, -0.1) is 0 Å². The molecule has 1 amide bonds. The number of halogens is 1. The predicted molar refractivity (Wildman–Crippen MR) is 85.1 cm³/mol. The lowest BCUT2D eigenvalue weighted by Crippen LogP contribution is -2.28. The summed E-state index contributed by atoms with van der Waals surface area (Å²) in [5.41, 5.74) is 1.83. The number of nitrogens with zero attached hydrogens (tertiary/aromatic N) is 1. The molecule has 21 heavy (non-hydrogen) atoms. The van der Waals surface area contributed by atoms with Crippen LogP contribution in [0, 0.1) is 0 Å². The number of hydrogen-bond acceptors (Lipinski definition) is 3. The summed E-state index contributed by atoms with van der Waals surface area (Å²) in [5.74, 6) is -1.06. The molecule has 0 aromatic heterocycles. The minimum Gasteiger partial charge on any atom is -0.317 e. The number of carbonyl (C=O) groups excluding carboxylic acids is 2. The largest absolute Gasteiger partial charge is 0.317 e. The Bertz CT molecular complexity index is 551. The Morgan fingerprint density at radius 3 is 2.38 bits per heavy atom. The van der Waals surface area contributed by atoms with Crippen molar-refractivity contribution in [2.24, 2.45) is 0 Å². The zero-order valence-corrected chi connectivity index (χ0v) is 13.3. The molecule has 1 aliphatic heterocycles. The van der Waals surface area contributed by atoms with Gasteiger partial charge in [0.15, 0.2) is 0 Å². The van der Waals surface area contributed by atoms with Gasteiger partial charge in [0, 0.05) is 6.54 Å². The third-order valence-corrected chi connectivity index (χ3v) is 4.00. The number of Topliss-reactive ketones (excluding diaryl/α,β-unsaturated/α-hetero) is 1. The van der Waals surface area contributed by atoms with Gasteiger partial charge in [0.1, 0.15) is 0 Å². The number of nitrogens with one attached hydrogen (secondary N) is 1. The van der Waals surface area contributed by atoms with Crippen LogP contribution in [0.2, 0.25) is 5.02 Å². The maximum Gasteiger partial charge on any atom is 0.296 e. The normalized spacial score (nSPS) is 13.7. The molecule has 0 saturated carbocycles. The number of benzene rings is 1. The first-order valence-corrected chi connectivity index (χ1v) is 7.85. The van der Waals surface area contributed by atoms with E-state index < -0.39 is 11.7 Å². The summed E-state index contributed by atoms with van der Waals surface area (Å²) in [6.45, 7) is 7.31. The van der Waals surface area contributed by atoms with Gasteiger partial charge >= 0.3 is 0 Å². The number of rotatable bonds is 7. The zero-order chi connectivity index (χ0) is 15.4. The van der Waals surface area contributed by atoms with E-state index in [1.165, 1.54) is 0 Å². The van der Waals surface area contributed by atoms with E-state index in [0.29, 0.717) is 16.3 Å². The fourth-order valence-electron chi connectivity index (χ4n) is 2.74. The standard InChI is InChI=1S/C16H21ClN2O2/c1-3-8-19(9-4-2)10-7-11-5-6-12(17)14-13(11)15(20)16(21)18-14/h5-6H,3-4,7-10H2,1-2H3,(H,18,20,21). The quantitative estimate of drug-likeness (QED) is 0.787. The molecule has 1 aromatic rings. The molecule has 0 atom stereocenters. The summed E-state index contributed by atoms with van der Waals surface area (Å²) in [4.78, 5) is 25.9. The summed E-state index contributed by atoms with van der Waals surface area (Å²) in [7, 11) is 0. The first kappa shape index (κ1) is 16.0. The first-order valence-electron chi connectivity index (χ1n) is 7.47. The molecule has 0 saturated heterocycles. The molecule has 0 aliphatic carbocycles. The van der Waals surface area contributed by atoms with Gasteiger partial charge in [0.25, 0.3) is 11.7 Å². The third-order valence-electron chi connectivity index (χ3n) is 3.69. The van der Waals surface area contributed by atoms with Crippen molar-refractivity contribution in [3.8, 4) is 0 Å². The maximum absolute atomic E-state index is 12.0. The second-order valence-corrected chi connectivity index (χ2v) is 5.74. The topological polar surface area (TPSA) is 49.4 Å². The van der Waals surface area contributed by atoms with Crippen LogP contribution in [0.25, 0.3) is 0 Å². The van der Waals surface area contributed by atoms with Gasteiger partial charge in [-0.3, -0.25) is 9.59 Å². The van der Waals surface area contributed by atoms with Crippen molar-refractivity contribution >= 4 is 29.0 Å². The molecule has 1 aliphatic rings. The van der Waals surface area contributed by atoms with Gasteiger partial charge in [0.2, 0.25) is 0 Å². The zero-order valence-electron chi connectivity index (χ0n) is 12.5. The van der Waals surface area contributed by atoms with Crippen molar-refractivity contribution in [1.29, 1.82) is 0 Å². The summed E-state index contributed by atoms with van der Waals surface area (Å²) < 4.78 is 0. The second-order valence-electron chi connectivity index (χ2n) is 5.33. The van der Waals surface area contributed by atoms with Gasteiger partial charge in [-0.25, -0.2) is 0 Å². The Hall–Kier alpha value is -1.39. The molecule has 1 N–H and O–H groups in total. The van der Waals surface area contributed by atoms with Gasteiger partial charge in [-0.05, 0) is 44.0 Å². The number of fused-ring (bicyclic) bond motifs is 1. The fraction of sp³-hybridized carbons (Fsp3) is 0.500. The van der Waals surface area contributed by atoms with Crippen LogP contribution in [0.4, 0.5) is 5.69 Å². The lowest BCUT2D eigenvalue weighted by atomic mass is 10.0. The van der Waals surface area contributed by atoms with Gasteiger partial charge < -0.3 is 10.2 Å². The van der Waals surface area contributed by atoms with E-state index >= 15 is 0 Å². The maximum atomic E-state index is 12.0. The summed E-state index contributed by atoms with van der Waals surface area (Å²) in [6.07, 6.45) is 2.97. The molecule has 0 spiro atoms. The monoisotopic (exact) mass is 308 g/mol. The predicted octanol–water partition coefficient (Wildman–Crippen LogP) is 3.14. The molecule has 1 heterocycles. The van der Waals surface area contributed by atoms with Gasteiger partial charge in [-0.1, -0.05) is 31.5 Å². The summed E-state index contributed by atoms with van der Waals surface area (Å²) in [5, 5.41) is 2.98. The van der Waals surface area contributed by atoms with E-state index in [0.717, 1.165) is 44.5 Å². The highest BCUT2D eigenvalue weighted by Gasteiger charge is 2.32. The average Bonchev–Trinajstić information content (AvgIpc) is 2.76. The van der Waals surface area contributed by atoms with Crippen molar-refractivity contribution in [3.63, 3.8) is 0 Å². The van der Waals surface area contributed by atoms with Crippen molar-refractivity contribution in [1.82, 2.24) is 4.90 Å². The Kier molecular flexibility index (Phi) is 5.37. The highest BCUT2D eigenvalue weighted by atomic mass is 35.5. The van der Waals surface area contributed by atoms with E-state index in [9.17, 15) is 9.59 Å². The Morgan fingerprint density at radius 2 is 1.76 bits per heavy atom. The van der Waals surface area contributed by atoms with Gasteiger partial charge in [-0.2, -0.15) is 0 Å². The minimum absolute atomic E-state index is 0.423. The van der Waals surface area contributed by atoms with E-state index in [-0.39, 0.29) is 0 Å². The molecule has 5 heteroatoms. The second kappa shape index (κ2) is 7.05. The van der Waals surface area contributed by atoms with Crippen LogP contribution in [0.15, 0.2) is 12.1 Å². The number of amides is 1. The molecular weight excluding hydrogens is 288 g/mol. The Balaban J connectivity index is 2.17. The van der Waals surface area contributed by atoms with Crippen LogP contribution in [0.3, 0.4) is 0 Å². The van der Waals surface area contributed by atoms with Crippen LogP contribution < -0.4 is 5.32 Å². The molecule has 0 bridgehead atoms.